The minimum atomic E-state index is -0.470. The fourth-order valence-electron chi connectivity index (χ4n) is 1.92. The van der Waals surface area contributed by atoms with Crippen LogP contribution in [0.15, 0.2) is 18.2 Å². The Balaban J connectivity index is 2.74. The van der Waals surface area contributed by atoms with Gasteiger partial charge in [-0.1, -0.05) is 31.9 Å². The van der Waals surface area contributed by atoms with Crippen LogP contribution in [0, 0.1) is 6.92 Å². The van der Waals surface area contributed by atoms with Gasteiger partial charge in [-0.3, -0.25) is 0 Å². The van der Waals surface area contributed by atoms with Gasteiger partial charge in [0.2, 0.25) is 0 Å². The molecule has 1 aromatic carbocycles. The van der Waals surface area contributed by atoms with Crippen molar-refractivity contribution >= 4 is 0 Å². The van der Waals surface area contributed by atoms with Crippen LogP contribution in [0.3, 0.4) is 0 Å². The summed E-state index contributed by atoms with van der Waals surface area (Å²) in [4.78, 5) is 0. The summed E-state index contributed by atoms with van der Waals surface area (Å²) < 4.78 is 5.20. The number of hydrogen-bond acceptors (Lipinski definition) is 3. The molecule has 96 valence electrons. The molecule has 0 radical (unpaired) electrons. The molecule has 0 unspecified atom stereocenters. The lowest BCUT2D eigenvalue weighted by molar-refractivity contribution is 0.132. The number of unbranched alkanes of at least 4 members (excludes halogenated alkanes) is 1. The summed E-state index contributed by atoms with van der Waals surface area (Å²) in [7, 11) is 1.65. The molecule has 0 saturated heterocycles. The van der Waals surface area contributed by atoms with E-state index in [0.29, 0.717) is 0 Å². The molecule has 0 bridgehead atoms. The van der Waals surface area contributed by atoms with Crippen LogP contribution < -0.4 is 10.5 Å². The van der Waals surface area contributed by atoms with E-state index in [4.69, 9.17) is 10.5 Å². The molecule has 0 aromatic heterocycles. The Hall–Kier alpha value is -1.06. The molecule has 1 aromatic rings. The van der Waals surface area contributed by atoms with E-state index in [1.54, 1.807) is 7.11 Å². The highest BCUT2D eigenvalue weighted by Gasteiger charge is 2.16. The number of aliphatic hydroxyl groups excluding tert-OH is 1. The van der Waals surface area contributed by atoms with Crippen LogP contribution in [0.5, 0.6) is 5.75 Å². The molecule has 3 heteroatoms. The van der Waals surface area contributed by atoms with Crippen molar-refractivity contribution in [2.45, 2.75) is 45.3 Å². The summed E-state index contributed by atoms with van der Waals surface area (Å²) in [6.45, 7) is 4.09. The minimum Gasteiger partial charge on any atom is -0.496 e. The maximum Gasteiger partial charge on any atom is 0.121 e. The van der Waals surface area contributed by atoms with E-state index in [1.807, 2.05) is 25.1 Å². The molecule has 17 heavy (non-hydrogen) atoms. The molecular formula is C14H23NO2. The fourth-order valence-corrected chi connectivity index (χ4v) is 1.92. The summed E-state index contributed by atoms with van der Waals surface area (Å²) in [6, 6.07) is 5.49. The molecule has 3 N–H and O–H groups in total. The van der Waals surface area contributed by atoms with Gasteiger partial charge in [0.1, 0.15) is 5.75 Å². The molecule has 3 nitrogen and oxygen atoms in total. The Labute approximate surface area is 104 Å². The predicted molar refractivity (Wildman–Crippen MR) is 70.2 cm³/mol. The predicted octanol–water partition coefficient (Wildman–Crippen LogP) is 2.55. The summed E-state index contributed by atoms with van der Waals surface area (Å²) in [6.07, 6.45) is 2.36. The van der Waals surface area contributed by atoms with E-state index >= 15 is 0 Å². The number of hydrogen-bond donors (Lipinski definition) is 2. The van der Waals surface area contributed by atoms with Crippen LogP contribution >= 0.6 is 0 Å². The highest BCUT2D eigenvalue weighted by atomic mass is 16.5. The smallest absolute Gasteiger partial charge is 0.121 e. The number of rotatable bonds is 6. The summed E-state index contributed by atoms with van der Waals surface area (Å²) in [5.74, 6) is 0.851. The Morgan fingerprint density at radius 2 is 2.12 bits per heavy atom. The van der Waals surface area contributed by atoms with Crippen LogP contribution in [0.25, 0.3) is 0 Å². The maximum absolute atomic E-state index is 9.96. The first kappa shape index (κ1) is 14.0. The van der Waals surface area contributed by atoms with Gasteiger partial charge < -0.3 is 15.6 Å². The largest absolute Gasteiger partial charge is 0.496 e. The third-order valence-corrected chi connectivity index (χ3v) is 3.07. The van der Waals surface area contributed by atoms with Gasteiger partial charge in [0.15, 0.2) is 0 Å². The number of aliphatic hydroxyl groups is 1. The van der Waals surface area contributed by atoms with Crippen LogP contribution in [0.1, 0.15) is 43.4 Å². The molecule has 0 aliphatic rings. The topological polar surface area (TPSA) is 55.5 Å². The van der Waals surface area contributed by atoms with E-state index in [-0.39, 0.29) is 6.04 Å². The Bertz CT molecular complexity index is 352. The first-order valence-corrected chi connectivity index (χ1v) is 6.18. The second kappa shape index (κ2) is 6.62. The van der Waals surface area contributed by atoms with Gasteiger partial charge in [-0.2, -0.15) is 0 Å². The van der Waals surface area contributed by atoms with Crippen molar-refractivity contribution in [3.8, 4) is 5.75 Å². The quantitative estimate of drug-likeness (QED) is 0.799. The van der Waals surface area contributed by atoms with Crippen LogP contribution in [-0.2, 0) is 0 Å². The summed E-state index contributed by atoms with van der Waals surface area (Å²) >= 11 is 0. The van der Waals surface area contributed by atoms with Crippen molar-refractivity contribution in [1.29, 1.82) is 0 Å². The molecule has 0 aliphatic heterocycles. The first-order chi connectivity index (χ1) is 8.10. The van der Waals surface area contributed by atoms with E-state index in [1.165, 1.54) is 0 Å². The number of nitrogens with two attached hydrogens (primary N) is 1. The van der Waals surface area contributed by atoms with Gasteiger partial charge in [0, 0.05) is 0 Å². The summed E-state index contributed by atoms with van der Waals surface area (Å²) in [5.41, 5.74) is 8.06. The first-order valence-electron chi connectivity index (χ1n) is 6.18. The standard InChI is InChI=1S/C14H23NO2/c1-4-5-6-12(16)14(15)11-7-8-13(17-3)10(2)9-11/h7-9,12,14,16H,4-6,15H2,1-3H3/t12-,14+/m1/s1. The monoisotopic (exact) mass is 237 g/mol. The second-order valence-corrected chi connectivity index (χ2v) is 4.46. The molecule has 2 atom stereocenters. The van der Waals surface area contributed by atoms with Crippen molar-refractivity contribution in [3.05, 3.63) is 29.3 Å². The Morgan fingerprint density at radius 3 is 2.65 bits per heavy atom. The zero-order valence-corrected chi connectivity index (χ0v) is 10.9. The van der Waals surface area contributed by atoms with Gasteiger partial charge in [-0.25, -0.2) is 0 Å². The van der Waals surface area contributed by atoms with Gasteiger partial charge in [0.05, 0.1) is 19.3 Å². The van der Waals surface area contributed by atoms with Crippen molar-refractivity contribution < 1.29 is 9.84 Å². The average molecular weight is 237 g/mol. The normalized spacial score (nSPS) is 14.4. The van der Waals surface area contributed by atoms with Gasteiger partial charge >= 0.3 is 0 Å². The molecule has 0 aliphatic carbocycles. The van der Waals surface area contributed by atoms with Crippen molar-refractivity contribution in [1.82, 2.24) is 0 Å². The van der Waals surface area contributed by atoms with E-state index in [0.717, 1.165) is 36.1 Å². The molecule has 0 heterocycles. The molecule has 0 spiro atoms. The number of ether oxygens (including phenoxy) is 1. The molecule has 1 rings (SSSR count). The van der Waals surface area contributed by atoms with Crippen molar-refractivity contribution in [3.63, 3.8) is 0 Å². The highest BCUT2D eigenvalue weighted by Crippen LogP contribution is 2.24. The lowest BCUT2D eigenvalue weighted by Crippen LogP contribution is -2.26. The Morgan fingerprint density at radius 1 is 1.41 bits per heavy atom. The van der Waals surface area contributed by atoms with Crippen LogP contribution in [0.4, 0.5) is 0 Å². The molecule has 0 amide bonds. The van der Waals surface area contributed by atoms with Gasteiger partial charge in [0.25, 0.3) is 0 Å². The van der Waals surface area contributed by atoms with Crippen molar-refractivity contribution in [2.75, 3.05) is 7.11 Å². The fraction of sp³-hybridized carbons (Fsp3) is 0.571. The van der Waals surface area contributed by atoms with E-state index in [2.05, 4.69) is 6.92 Å². The maximum atomic E-state index is 9.96. The molecular weight excluding hydrogens is 214 g/mol. The van der Waals surface area contributed by atoms with E-state index in [9.17, 15) is 5.11 Å². The SMILES string of the molecule is CCCC[C@@H](O)[C@@H](N)c1ccc(OC)c(C)c1. The third-order valence-electron chi connectivity index (χ3n) is 3.07. The number of benzene rings is 1. The average Bonchev–Trinajstić information content (AvgIpc) is 2.34. The van der Waals surface area contributed by atoms with Gasteiger partial charge in [-0.05, 0) is 30.5 Å². The van der Waals surface area contributed by atoms with Gasteiger partial charge in [-0.15, -0.1) is 0 Å². The number of methoxy groups -OCH3 is 1. The zero-order chi connectivity index (χ0) is 12.8. The van der Waals surface area contributed by atoms with Crippen LogP contribution in [-0.4, -0.2) is 18.3 Å². The molecule has 0 saturated carbocycles. The highest BCUT2D eigenvalue weighted by molar-refractivity contribution is 5.37. The minimum absolute atomic E-state index is 0.314. The Kier molecular flexibility index (Phi) is 5.45. The zero-order valence-electron chi connectivity index (χ0n) is 10.9. The van der Waals surface area contributed by atoms with Crippen LogP contribution in [0.2, 0.25) is 0 Å². The lowest BCUT2D eigenvalue weighted by atomic mass is 9.97. The van der Waals surface area contributed by atoms with E-state index < -0.39 is 6.10 Å². The summed E-state index contributed by atoms with van der Waals surface area (Å²) in [5, 5.41) is 9.96. The second-order valence-electron chi connectivity index (χ2n) is 4.46. The number of aryl methyl sites for hydroxylation is 1. The molecule has 0 fully saturated rings. The van der Waals surface area contributed by atoms with Crippen molar-refractivity contribution in [2.24, 2.45) is 5.73 Å². The lowest BCUT2D eigenvalue weighted by Gasteiger charge is -2.20. The third kappa shape index (κ3) is 3.72.